The zero-order valence-electron chi connectivity index (χ0n) is 21.7. The summed E-state index contributed by atoms with van der Waals surface area (Å²) >= 11 is 0. The maximum absolute atomic E-state index is 3.45. The van der Waals surface area contributed by atoms with Crippen molar-refractivity contribution < 1.29 is 0 Å². The quantitative estimate of drug-likeness (QED) is 0.166. The molecule has 0 saturated carbocycles. The second-order valence-electron chi connectivity index (χ2n) is 10.2. The highest BCUT2D eigenvalue weighted by molar-refractivity contribution is 6.27. The highest BCUT2D eigenvalue weighted by atomic mass is 14.2. The van der Waals surface area contributed by atoms with Crippen molar-refractivity contribution >= 4 is 43.5 Å². The van der Waals surface area contributed by atoms with Gasteiger partial charge in [0.15, 0.2) is 0 Å². The van der Waals surface area contributed by atoms with Crippen LogP contribution in [0.2, 0.25) is 0 Å². The van der Waals surface area contributed by atoms with Gasteiger partial charge in [-0.3, -0.25) is 0 Å². The zero-order valence-corrected chi connectivity index (χ0v) is 21.7. The summed E-state index contributed by atoms with van der Waals surface area (Å²) < 4.78 is 0. The lowest BCUT2D eigenvalue weighted by atomic mass is 9.86. The van der Waals surface area contributed by atoms with Crippen LogP contribution in [0.5, 0.6) is 0 Å². The van der Waals surface area contributed by atoms with Crippen LogP contribution in [0.1, 0.15) is 11.1 Å². The van der Waals surface area contributed by atoms with Crippen molar-refractivity contribution in [3.8, 4) is 22.3 Å². The van der Waals surface area contributed by atoms with Gasteiger partial charge in [0.25, 0.3) is 0 Å². The number of rotatable bonds is 4. The molecule has 0 heteroatoms. The molecule has 0 amide bonds. The Labute approximate surface area is 233 Å². The summed E-state index contributed by atoms with van der Waals surface area (Å²) in [4.78, 5) is 0. The van der Waals surface area contributed by atoms with Crippen molar-refractivity contribution in [2.45, 2.75) is 0 Å². The molecule has 0 spiro atoms. The Bertz CT molecular complexity index is 2180. The van der Waals surface area contributed by atoms with E-state index in [1.807, 2.05) is 18.2 Å². The Morgan fingerprint density at radius 2 is 1.05 bits per heavy atom. The van der Waals surface area contributed by atoms with E-state index in [1.165, 1.54) is 49.0 Å². The number of hydrogen-bond donors (Lipinski definition) is 0. The minimum atomic E-state index is 1.06. The van der Waals surface area contributed by atoms with Crippen LogP contribution < -0.4 is 0 Å². The average molecular weight is 503 g/mol. The normalized spacial score (nSPS) is 12.6. The van der Waals surface area contributed by atoms with Crippen molar-refractivity contribution in [2.75, 3.05) is 0 Å². The molecule has 0 aromatic heterocycles. The van der Waals surface area contributed by atoms with Crippen LogP contribution in [-0.2, 0) is 0 Å². The van der Waals surface area contributed by atoms with Crippen molar-refractivity contribution in [2.24, 2.45) is 0 Å². The minimum absolute atomic E-state index is 1.06. The summed E-state index contributed by atoms with van der Waals surface area (Å²) in [7, 11) is 0. The predicted molar refractivity (Wildman–Crippen MR) is 168 cm³/mol. The van der Waals surface area contributed by atoms with Gasteiger partial charge in [0, 0.05) is 16.7 Å². The lowest BCUT2D eigenvalue weighted by Gasteiger charge is -2.16. The van der Waals surface area contributed by atoms with Gasteiger partial charge >= 0.3 is 0 Å². The predicted octanol–water partition coefficient (Wildman–Crippen LogP) is 10.3. The lowest BCUT2D eigenvalue weighted by molar-refractivity contribution is 1.61. The lowest BCUT2D eigenvalue weighted by Crippen LogP contribution is -1.91. The van der Waals surface area contributed by atoms with Crippen LogP contribution in [0.15, 0.2) is 145 Å². The molecule has 0 fully saturated rings. The summed E-state index contributed by atoms with van der Waals surface area (Å²) in [6, 6.07) is 49.4. The molecule has 0 aliphatic heterocycles. The third kappa shape index (κ3) is 3.60. The Morgan fingerprint density at radius 1 is 0.425 bits per heavy atom. The van der Waals surface area contributed by atoms with Crippen LogP contribution in [-0.4, -0.2) is 0 Å². The minimum Gasteiger partial charge on any atom is -0.0696 e. The molecule has 0 bridgehead atoms. The van der Waals surface area contributed by atoms with Crippen LogP contribution in [0.3, 0.4) is 0 Å². The summed E-state index contributed by atoms with van der Waals surface area (Å²) in [5.41, 5.74) is 16.0. The molecule has 0 radical (unpaired) electrons. The monoisotopic (exact) mass is 502 g/mol. The fourth-order valence-electron chi connectivity index (χ4n) is 5.97. The topological polar surface area (TPSA) is 0 Å². The number of allylic oxidation sites excluding steroid dienone is 4. The van der Waals surface area contributed by atoms with E-state index in [4.69, 9.17) is 0 Å². The van der Waals surface area contributed by atoms with Gasteiger partial charge in [-0.2, -0.15) is 0 Å². The third-order valence-electron chi connectivity index (χ3n) is 7.94. The molecular formula is C40H22. The molecule has 0 heterocycles. The van der Waals surface area contributed by atoms with Gasteiger partial charge < -0.3 is 0 Å². The van der Waals surface area contributed by atoms with E-state index in [0.29, 0.717) is 0 Å². The molecule has 7 aromatic carbocycles. The summed E-state index contributed by atoms with van der Waals surface area (Å²) in [6.07, 6.45) is 4.31. The van der Waals surface area contributed by atoms with E-state index in [-0.39, 0.29) is 0 Å². The molecule has 8 rings (SSSR count). The molecule has 1 aliphatic carbocycles. The molecule has 0 nitrogen and oxygen atoms in total. The van der Waals surface area contributed by atoms with Crippen LogP contribution >= 0.6 is 0 Å². The van der Waals surface area contributed by atoms with Crippen LogP contribution in [0, 0.1) is 12.1 Å². The van der Waals surface area contributed by atoms with E-state index >= 15 is 0 Å². The van der Waals surface area contributed by atoms with Gasteiger partial charge in [0.2, 0.25) is 0 Å². The van der Waals surface area contributed by atoms with E-state index < -0.39 is 0 Å². The van der Waals surface area contributed by atoms with Crippen molar-refractivity contribution in [3.63, 3.8) is 0 Å². The third-order valence-corrected chi connectivity index (χ3v) is 7.94. The molecular weight excluding hydrogens is 480 g/mol. The molecule has 0 unspecified atom stereocenters. The Hall–Kier alpha value is -5.56. The average Bonchev–Trinajstić information content (AvgIpc) is 3.04. The first-order valence-corrected chi connectivity index (χ1v) is 13.5. The van der Waals surface area contributed by atoms with Gasteiger partial charge in [-0.05, 0) is 84.4 Å². The summed E-state index contributed by atoms with van der Waals surface area (Å²) in [6.45, 7) is 0. The summed E-state index contributed by atoms with van der Waals surface area (Å²) in [5.74, 6) is 0. The van der Waals surface area contributed by atoms with E-state index in [1.54, 1.807) is 0 Å². The first kappa shape index (κ1) is 22.4. The first-order valence-electron chi connectivity index (χ1n) is 13.5. The van der Waals surface area contributed by atoms with Gasteiger partial charge in [0.05, 0.1) is 0 Å². The van der Waals surface area contributed by atoms with Crippen molar-refractivity contribution in [3.05, 3.63) is 168 Å². The van der Waals surface area contributed by atoms with Gasteiger partial charge in [-0.15, -0.1) is 0 Å². The van der Waals surface area contributed by atoms with Gasteiger partial charge in [-0.25, -0.2) is 0 Å². The molecule has 1 aliphatic rings. The molecule has 182 valence electrons. The Balaban J connectivity index is 1.30. The number of hydrogen-bond acceptors (Lipinski definition) is 0. The summed E-state index contributed by atoms with van der Waals surface area (Å²) in [5, 5.41) is 7.65. The first-order chi connectivity index (χ1) is 19.8. The molecule has 40 heavy (non-hydrogen) atoms. The Kier molecular flexibility index (Phi) is 5.06. The highest BCUT2D eigenvalue weighted by Crippen LogP contribution is 2.42. The second kappa shape index (κ2) is 9.03. The SMILES string of the molecule is C1=C=C(c2ccc3ccc4c(-c5ccc(-c6c#cccc6)cc5)ccc5ccc2c3c54)C=CC=1c1ccccc1. The smallest absolute Gasteiger partial charge is 0.0328 e. The molecule has 7 aromatic rings. The zero-order chi connectivity index (χ0) is 26.5. The van der Waals surface area contributed by atoms with Crippen molar-refractivity contribution in [1.82, 2.24) is 0 Å². The second-order valence-corrected chi connectivity index (χ2v) is 10.2. The van der Waals surface area contributed by atoms with E-state index in [2.05, 4.69) is 139 Å². The van der Waals surface area contributed by atoms with Gasteiger partial charge in [-0.1, -0.05) is 133 Å². The highest BCUT2D eigenvalue weighted by Gasteiger charge is 2.15. The maximum atomic E-state index is 3.45. The van der Waals surface area contributed by atoms with E-state index in [9.17, 15) is 0 Å². The molecule has 0 N–H and O–H groups in total. The van der Waals surface area contributed by atoms with Crippen LogP contribution in [0.4, 0.5) is 0 Å². The molecule has 0 saturated heterocycles. The van der Waals surface area contributed by atoms with E-state index in [0.717, 1.165) is 27.8 Å². The van der Waals surface area contributed by atoms with Crippen molar-refractivity contribution in [1.29, 1.82) is 0 Å². The Morgan fingerprint density at radius 3 is 1.73 bits per heavy atom. The number of benzene rings is 6. The maximum Gasteiger partial charge on any atom is 0.0328 e. The standard InChI is InChI=1S/C40H22/c1-3-7-27(8-4-1)29-11-15-31(16-12-29)35-23-19-33-22-26-38-36(24-20-34-21-25-37(35)39(33)40(34)38)32-17-13-30(14-18-32)28-9-5-2-6-10-28/h1-5,7-9,11,13-15,17-26H. The van der Waals surface area contributed by atoms with Gasteiger partial charge in [0.1, 0.15) is 0 Å². The fraction of sp³-hybridized carbons (Fsp3) is 0. The largest absolute Gasteiger partial charge is 0.0696 e. The fourth-order valence-corrected chi connectivity index (χ4v) is 5.97. The van der Waals surface area contributed by atoms with Crippen LogP contribution in [0.25, 0.3) is 65.7 Å². The molecule has 0 atom stereocenters.